The minimum Gasteiger partial charge on any atom is -0.481 e. The van der Waals surface area contributed by atoms with Crippen molar-refractivity contribution in [1.82, 2.24) is 0 Å². The average Bonchev–Trinajstić information content (AvgIpc) is 1.86. The summed E-state index contributed by atoms with van der Waals surface area (Å²) in [5.74, 6) is -0.558. The summed E-state index contributed by atoms with van der Waals surface area (Å²) in [5, 5.41) is 8.41. The predicted molar refractivity (Wildman–Crippen MR) is 45.5 cm³/mol. The van der Waals surface area contributed by atoms with E-state index in [9.17, 15) is 4.79 Å². The van der Waals surface area contributed by atoms with Crippen LogP contribution < -0.4 is 0 Å². The van der Waals surface area contributed by atoms with Gasteiger partial charge in [0.05, 0.1) is 6.42 Å². The first-order valence-corrected chi connectivity index (χ1v) is 4.05. The molecule has 0 bridgehead atoms. The predicted octanol–water partition coefficient (Wildman–Crippen LogP) is 2.45. The van der Waals surface area contributed by atoms with Crippen LogP contribution in [0.2, 0.25) is 0 Å². The van der Waals surface area contributed by atoms with Crippen LogP contribution in [-0.4, -0.2) is 11.1 Å². The Bertz CT molecular complexity index is 138. The maximum absolute atomic E-state index is 10.2. The zero-order valence-electron chi connectivity index (χ0n) is 7.21. The van der Waals surface area contributed by atoms with Crippen molar-refractivity contribution in [3.05, 3.63) is 12.2 Å². The van der Waals surface area contributed by atoms with Crippen LogP contribution in [0.5, 0.6) is 0 Å². The Morgan fingerprint density at radius 3 is 2.73 bits per heavy atom. The van der Waals surface area contributed by atoms with E-state index in [1.165, 1.54) is 0 Å². The molecule has 64 valence electrons. The number of rotatable bonds is 5. The Morgan fingerprint density at radius 2 is 2.27 bits per heavy atom. The van der Waals surface area contributed by atoms with Gasteiger partial charge >= 0.3 is 5.97 Å². The highest BCUT2D eigenvalue weighted by molar-refractivity contribution is 5.67. The van der Waals surface area contributed by atoms with Gasteiger partial charge in [-0.05, 0) is 12.3 Å². The molecule has 0 radical (unpaired) electrons. The van der Waals surface area contributed by atoms with Crippen molar-refractivity contribution >= 4 is 5.97 Å². The Balaban J connectivity index is 3.50. The van der Waals surface area contributed by atoms with Gasteiger partial charge < -0.3 is 5.11 Å². The summed E-state index contributed by atoms with van der Waals surface area (Å²) in [6, 6.07) is 0. The van der Waals surface area contributed by atoms with Gasteiger partial charge in [-0.25, -0.2) is 0 Å². The van der Waals surface area contributed by atoms with E-state index >= 15 is 0 Å². The molecular weight excluding hydrogens is 140 g/mol. The molecule has 2 heteroatoms. The molecule has 1 N–H and O–H groups in total. The molecule has 0 aromatic heterocycles. The fraction of sp³-hybridized carbons (Fsp3) is 0.667. The molecule has 0 rings (SSSR count). The van der Waals surface area contributed by atoms with Gasteiger partial charge in [-0.3, -0.25) is 4.79 Å². The lowest BCUT2D eigenvalue weighted by atomic mass is 10.1. The first-order valence-electron chi connectivity index (χ1n) is 4.05. The molecule has 0 aliphatic carbocycles. The third-order valence-corrected chi connectivity index (χ3v) is 1.42. The Kier molecular flexibility index (Phi) is 5.53. The molecule has 0 amide bonds. The van der Waals surface area contributed by atoms with Crippen LogP contribution >= 0.6 is 0 Å². The Labute approximate surface area is 67.9 Å². The second-order valence-electron chi connectivity index (χ2n) is 2.79. The average molecular weight is 156 g/mol. The van der Waals surface area contributed by atoms with E-state index in [4.69, 9.17) is 5.11 Å². The van der Waals surface area contributed by atoms with Crippen molar-refractivity contribution in [3.8, 4) is 0 Å². The zero-order valence-corrected chi connectivity index (χ0v) is 7.21. The molecule has 0 spiro atoms. The number of hydrogen-bond donors (Lipinski definition) is 1. The second-order valence-corrected chi connectivity index (χ2v) is 2.79. The summed E-state index contributed by atoms with van der Waals surface area (Å²) in [6.45, 7) is 4.02. The van der Waals surface area contributed by atoms with Crippen LogP contribution in [0.1, 0.15) is 33.1 Å². The minimum atomic E-state index is -0.723. The van der Waals surface area contributed by atoms with Gasteiger partial charge in [0.25, 0.3) is 0 Å². The lowest BCUT2D eigenvalue weighted by Crippen LogP contribution is -2.00. The lowest BCUT2D eigenvalue weighted by Gasteiger charge is -1.99. The Morgan fingerprint density at radius 1 is 1.64 bits per heavy atom. The van der Waals surface area contributed by atoms with Crippen LogP contribution in [0, 0.1) is 5.92 Å². The molecule has 0 heterocycles. The highest BCUT2D eigenvalue weighted by Gasteiger charge is 2.01. The molecule has 0 aromatic rings. The largest absolute Gasteiger partial charge is 0.481 e. The number of unbranched alkanes of at least 4 members (excludes halogenated alkanes) is 1. The fourth-order valence-corrected chi connectivity index (χ4v) is 0.839. The summed E-state index contributed by atoms with van der Waals surface area (Å²) in [5.41, 5.74) is 0. The van der Waals surface area contributed by atoms with Crippen molar-refractivity contribution in [1.29, 1.82) is 0 Å². The maximum atomic E-state index is 10.2. The summed E-state index contributed by atoms with van der Waals surface area (Å²) in [6.07, 6.45) is 6.42. The van der Waals surface area contributed by atoms with Crippen LogP contribution in [0.4, 0.5) is 0 Å². The molecule has 0 aliphatic heterocycles. The summed E-state index contributed by atoms with van der Waals surface area (Å²) in [7, 11) is 0. The van der Waals surface area contributed by atoms with Gasteiger partial charge in [0.15, 0.2) is 0 Å². The molecular formula is C9H16O2. The number of aliphatic carboxylic acids is 1. The number of allylic oxidation sites excluding steroid dienone is 2. The van der Waals surface area contributed by atoms with Gasteiger partial charge in [-0.2, -0.15) is 0 Å². The number of carboxylic acid groups (broad SMARTS) is 1. The summed E-state index contributed by atoms with van der Waals surface area (Å²) >= 11 is 0. The van der Waals surface area contributed by atoms with Crippen LogP contribution in [0.3, 0.4) is 0 Å². The highest BCUT2D eigenvalue weighted by Crippen LogP contribution is 2.04. The molecule has 11 heavy (non-hydrogen) atoms. The third-order valence-electron chi connectivity index (χ3n) is 1.42. The van der Waals surface area contributed by atoms with E-state index in [1.54, 1.807) is 0 Å². The van der Waals surface area contributed by atoms with E-state index in [-0.39, 0.29) is 12.3 Å². The second kappa shape index (κ2) is 5.96. The van der Waals surface area contributed by atoms with Crippen molar-refractivity contribution < 1.29 is 9.90 Å². The van der Waals surface area contributed by atoms with Crippen LogP contribution in [0.25, 0.3) is 0 Å². The molecule has 0 aliphatic rings. The number of hydrogen-bond acceptors (Lipinski definition) is 1. The topological polar surface area (TPSA) is 37.3 Å². The van der Waals surface area contributed by atoms with E-state index in [1.807, 2.05) is 19.1 Å². The van der Waals surface area contributed by atoms with Crippen LogP contribution in [0.15, 0.2) is 12.2 Å². The quantitative estimate of drug-likeness (QED) is 0.621. The monoisotopic (exact) mass is 156 g/mol. The van der Waals surface area contributed by atoms with Gasteiger partial charge in [0.2, 0.25) is 0 Å². The van der Waals surface area contributed by atoms with Gasteiger partial charge in [-0.15, -0.1) is 0 Å². The summed E-state index contributed by atoms with van der Waals surface area (Å²) < 4.78 is 0. The highest BCUT2D eigenvalue weighted by atomic mass is 16.4. The molecule has 0 aromatic carbocycles. The third kappa shape index (κ3) is 7.10. The molecule has 0 fully saturated rings. The van der Waals surface area contributed by atoms with Crippen LogP contribution in [-0.2, 0) is 4.79 Å². The molecule has 1 atom stereocenters. The van der Waals surface area contributed by atoms with Crippen molar-refractivity contribution in [2.24, 2.45) is 5.92 Å². The van der Waals surface area contributed by atoms with Crippen molar-refractivity contribution in [2.75, 3.05) is 0 Å². The number of carboxylic acids is 1. The standard InChI is InChI=1S/C9H16O2/c1-3-4-5-6-8(2)7-9(10)11/h5-6,8H,3-4,7H2,1-2H3,(H,10,11). The summed E-state index contributed by atoms with van der Waals surface area (Å²) in [4.78, 5) is 10.2. The Hall–Kier alpha value is -0.790. The van der Waals surface area contributed by atoms with Gasteiger partial charge in [0, 0.05) is 0 Å². The van der Waals surface area contributed by atoms with Gasteiger partial charge in [-0.1, -0.05) is 32.4 Å². The lowest BCUT2D eigenvalue weighted by molar-refractivity contribution is -0.137. The molecule has 0 saturated carbocycles. The fourth-order valence-electron chi connectivity index (χ4n) is 0.839. The first-order chi connectivity index (χ1) is 5.16. The van der Waals surface area contributed by atoms with E-state index in [0.29, 0.717) is 0 Å². The SMILES string of the molecule is CCCC=CC(C)CC(=O)O. The van der Waals surface area contributed by atoms with Crippen molar-refractivity contribution in [2.45, 2.75) is 33.1 Å². The smallest absolute Gasteiger partial charge is 0.303 e. The maximum Gasteiger partial charge on any atom is 0.303 e. The molecule has 0 saturated heterocycles. The molecule has 2 nitrogen and oxygen atoms in total. The zero-order chi connectivity index (χ0) is 8.69. The van der Waals surface area contributed by atoms with E-state index in [2.05, 4.69) is 6.92 Å². The first kappa shape index (κ1) is 10.2. The molecule has 1 unspecified atom stereocenters. The number of carbonyl (C=O) groups is 1. The normalized spacial score (nSPS) is 13.6. The van der Waals surface area contributed by atoms with E-state index < -0.39 is 5.97 Å². The van der Waals surface area contributed by atoms with Crippen molar-refractivity contribution in [3.63, 3.8) is 0 Å². The van der Waals surface area contributed by atoms with E-state index in [0.717, 1.165) is 12.8 Å². The minimum absolute atomic E-state index is 0.166. The van der Waals surface area contributed by atoms with Gasteiger partial charge in [0.1, 0.15) is 0 Å².